The number of hydrogen-bond donors (Lipinski definition) is 3. The van der Waals surface area contributed by atoms with E-state index in [9.17, 15) is 28.3 Å². The van der Waals surface area contributed by atoms with Gasteiger partial charge in [-0.05, 0) is 59.3 Å². The van der Waals surface area contributed by atoms with Crippen LogP contribution in [0.5, 0.6) is 5.75 Å². The third-order valence-corrected chi connectivity index (χ3v) is 8.75. The van der Waals surface area contributed by atoms with Gasteiger partial charge in [-0.3, -0.25) is 14.5 Å². The molecule has 4 rings (SSSR count). The van der Waals surface area contributed by atoms with E-state index in [1.165, 1.54) is 34.4 Å². The first-order valence-electron chi connectivity index (χ1n) is 11.4. The molecule has 2 radical (unpaired) electrons. The van der Waals surface area contributed by atoms with Gasteiger partial charge in [0.25, 0.3) is 5.91 Å². The highest BCUT2D eigenvalue weighted by molar-refractivity contribution is 8.26. The highest BCUT2D eigenvalue weighted by atomic mass is 32.2. The molecule has 3 aromatic rings. The molecule has 13 heteroatoms. The van der Waals surface area contributed by atoms with E-state index in [0.29, 0.717) is 42.9 Å². The summed E-state index contributed by atoms with van der Waals surface area (Å²) in [6.45, 7) is 1.98. The fourth-order valence-corrected chi connectivity index (χ4v) is 6.64. The predicted octanol–water partition coefficient (Wildman–Crippen LogP) is 5.87. The Bertz CT molecular complexity index is 1510. The maximum Gasteiger partial charge on any atom is 0.339 e. The quantitative estimate of drug-likeness (QED) is 0.160. The molecule has 0 spiro atoms. The van der Waals surface area contributed by atoms with E-state index in [4.69, 9.17) is 17.3 Å². The zero-order valence-corrected chi connectivity index (χ0v) is 23.7. The number of thiophene rings is 1. The number of carboxylic acid groups (broad SMARTS) is 1. The van der Waals surface area contributed by atoms with Crippen LogP contribution in [0.15, 0.2) is 52.7 Å². The Morgan fingerprint density at radius 1 is 1.15 bits per heavy atom. The topological polar surface area (TPSA) is 107 Å². The second-order valence-corrected chi connectivity index (χ2v) is 12.2. The Balaban J connectivity index is 1.55. The van der Waals surface area contributed by atoms with Crippen molar-refractivity contribution in [3.05, 3.63) is 74.8 Å². The van der Waals surface area contributed by atoms with Gasteiger partial charge in [0, 0.05) is 26.2 Å². The number of nitrogens with one attached hydrogen (secondary N) is 1. The molecular formula is C26H20F2N2O5S3Si. The fraction of sp³-hybridized carbons (Fsp3) is 0.154. The van der Waals surface area contributed by atoms with Gasteiger partial charge >= 0.3 is 5.97 Å². The number of hydrogen-bond acceptors (Lipinski definition) is 7. The molecule has 0 aliphatic carbocycles. The Hall–Kier alpha value is -3.39. The molecule has 0 unspecified atom stereocenters. The molecule has 1 atom stereocenters. The molecule has 2 aromatic carbocycles. The molecule has 2 heterocycles. The van der Waals surface area contributed by atoms with Gasteiger partial charge < -0.3 is 15.5 Å². The van der Waals surface area contributed by atoms with Crippen LogP contribution in [0, 0.1) is 11.6 Å². The number of aromatic carboxylic acids is 1. The lowest BCUT2D eigenvalue weighted by molar-refractivity contribution is -0.130. The zero-order chi connectivity index (χ0) is 28.3. The van der Waals surface area contributed by atoms with Gasteiger partial charge in [0.15, 0.2) is 11.6 Å². The average Bonchev–Trinajstić information content (AvgIpc) is 3.45. The number of carbonyl (C=O) groups is 3. The Morgan fingerprint density at radius 3 is 2.59 bits per heavy atom. The average molecular weight is 603 g/mol. The number of carboxylic acids is 1. The van der Waals surface area contributed by atoms with Gasteiger partial charge in [0.05, 0.1) is 4.91 Å². The van der Waals surface area contributed by atoms with Gasteiger partial charge in [-0.25, -0.2) is 13.6 Å². The lowest BCUT2D eigenvalue weighted by atomic mass is 10.1. The fourth-order valence-electron chi connectivity index (χ4n) is 3.81. The second-order valence-electron chi connectivity index (χ2n) is 8.35. The number of benzene rings is 2. The number of aromatic hydroxyl groups is 1. The normalized spacial score (nSPS) is 15.2. The van der Waals surface area contributed by atoms with E-state index >= 15 is 0 Å². The van der Waals surface area contributed by atoms with Crippen LogP contribution in [0.4, 0.5) is 14.5 Å². The highest BCUT2D eigenvalue weighted by Crippen LogP contribution is 2.37. The van der Waals surface area contributed by atoms with Crippen molar-refractivity contribution in [3.8, 4) is 16.9 Å². The highest BCUT2D eigenvalue weighted by Gasteiger charge is 2.40. The number of thiocarbonyl (C=S) groups is 1. The molecular weight excluding hydrogens is 583 g/mol. The van der Waals surface area contributed by atoms with Crippen molar-refractivity contribution in [1.82, 2.24) is 4.90 Å². The summed E-state index contributed by atoms with van der Waals surface area (Å²) in [5, 5.41) is 23.5. The first-order valence-corrected chi connectivity index (χ1v) is 15.2. The largest absolute Gasteiger partial charge is 0.507 e. The maximum absolute atomic E-state index is 13.7. The second kappa shape index (κ2) is 12.2. The zero-order valence-electron chi connectivity index (χ0n) is 20.2. The monoisotopic (exact) mass is 602 g/mol. The van der Waals surface area contributed by atoms with Gasteiger partial charge in [-0.15, -0.1) is 11.3 Å². The molecule has 0 bridgehead atoms. The molecule has 3 N–H and O–H groups in total. The van der Waals surface area contributed by atoms with Crippen LogP contribution in [-0.4, -0.2) is 52.8 Å². The summed E-state index contributed by atoms with van der Waals surface area (Å²) < 4.78 is 27.2. The van der Waals surface area contributed by atoms with Gasteiger partial charge in [0.2, 0.25) is 5.91 Å². The molecule has 1 fully saturated rings. The van der Waals surface area contributed by atoms with E-state index in [1.807, 2.05) is 6.55 Å². The molecule has 39 heavy (non-hydrogen) atoms. The van der Waals surface area contributed by atoms with E-state index < -0.39 is 41.2 Å². The first kappa shape index (κ1) is 28.6. The van der Waals surface area contributed by atoms with E-state index in [1.54, 1.807) is 17.5 Å². The number of carbonyl (C=O) groups excluding carboxylic acids is 2. The lowest BCUT2D eigenvalue weighted by Crippen LogP contribution is -2.46. The minimum atomic E-state index is -1.31. The van der Waals surface area contributed by atoms with Crippen LogP contribution in [-0.2, 0) is 9.59 Å². The number of anilines is 1. The number of nitrogens with zero attached hydrogens (tertiary/aromatic N) is 1. The van der Waals surface area contributed by atoms with Crippen molar-refractivity contribution in [2.24, 2.45) is 0 Å². The minimum Gasteiger partial charge on any atom is -0.507 e. The summed E-state index contributed by atoms with van der Waals surface area (Å²) in [4.78, 5) is 40.1. The predicted molar refractivity (Wildman–Crippen MR) is 153 cm³/mol. The van der Waals surface area contributed by atoms with Crippen molar-refractivity contribution in [2.75, 3.05) is 5.32 Å². The molecule has 1 aliphatic rings. The van der Waals surface area contributed by atoms with Gasteiger partial charge in [0.1, 0.15) is 21.7 Å². The van der Waals surface area contributed by atoms with E-state index in [2.05, 4.69) is 5.32 Å². The van der Waals surface area contributed by atoms with Crippen molar-refractivity contribution in [1.29, 1.82) is 0 Å². The molecule has 1 aliphatic heterocycles. The van der Waals surface area contributed by atoms with Gasteiger partial charge in [-0.2, -0.15) is 0 Å². The van der Waals surface area contributed by atoms with Crippen LogP contribution >= 0.6 is 35.3 Å². The molecule has 2 amide bonds. The van der Waals surface area contributed by atoms with Crippen molar-refractivity contribution in [2.45, 2.75) is 25.1 Å². The van der Waals surface area contributed by atoms with Gasteiger partial charge in [-0.1, -0.05) is 42.6 Å². The number of amides is 2. The maximum atomic E-state index is 13.7. The third kappa shape index (κ3) is 6.44. The Kier molecular flexibility index (Phi) is 8.95. The van der Waals surface area contributed by atoms with Crippen molar-refractivity contribution >= 4 is 78.7 Å². The molecule has 1 saturated heterocycles. The molecule has 1 aromatic heterocycles. The molecule has 0 saturated carbocycles. The number of phenols is 1. The first-order chi connectivity index (χ1) is 18.6. The van der Waals surface area contributed by atoms with Crippen LogP contribution in [0.2, 0.25) is 12.6 Å². The number of halogens is 2. The summed E-state index contributed by atoms with van der Waals surface area (Å²) in [5.41, 5.74) is 1.03. The smallest absolute Gasteiger partial charge is 0.339 e. The summed E-state index contributed by atoms with van der Waals surface area (Å²) in [5.74, 6) is -4.65. The van der Waals surface area contributed by atoms with Crippen molar-refractivity contribution in [3.63, 3.8) is 0 Å². The number of thioether (sulfide) groups is 1. The summed E-state index contributed by atoms with van der Waals surface area (Å²) in [6, 6.07) is 8.78. The minimum absolute atomic E-state index is 0.177. The summed E-state index contributed by atoms with van der Waals surface area (Å²) >= 11 is 7.85. The van der Waals surface area contributed by atoms with Crippen LogP contribution < -0.4 is 5.32 Å². The van der Waals surface area contributed by atoms with Crippen LogP contribution in [0.1, 0.15) is 21.7 Å². The summed E-state index contributed by atoms with van der Waals surface area (Å²) in [6.07, 6.45) is 1.99. The van der Waals surface area contributed by atoms with Crippen LogP contribution in [0.25, 0.3) is 17.2 Å². The number of rotatable bonds is 9. The standard InChI is InChI=1S/C26H20F2N2O5S3Si/c1-39-7-6-20(23(32)29-15-3-4-17(25(34)35)21(31)10-15)30-24(33)22(38-26(30)36)11-16-8-14(12-37-16)13-2-5-18(27)19(28)9-13/h2-5,8-12,20,31H,6-7H2,1H3,(H,29,32)(H,34,35)/b22-11-/t20-/m0/s1. The van der Waals surface area contributed by atoms with Crippen molar-refractivity contribution < 1.29 is 33.4 Å². The Labute approximate surface area is 238 Å². The lowest BCUT2D eigenvalue weighted by Gasteiger charge is -2.26. The summed E-state index contributed by atoms with van der Waals surface area (Å²) in [7, 11) is 0.527. The van der Waals surface area contributed by atoms with Crippen LogP contribution in [0.3, 0.4) is 0 Å². The molecule has 200 valence electrons. The Morgan fingerprint density at radius 2 is 1.92 bits per heavy atom. The van der Waals surface area contributed by atoms with E-state index in [-0.39, 0.29) is 15.6 Å². The third-order valence-electron chi connectivity index (χ3n) is 5.75. The molecule has 7 nitrogen and oxygen atoms in total. The van der Waals surface area contributed by atoms with E-state index in [0.717, 1.165) is 30.0 Å². The SMILES string of the molecule is C[Si]CC[C@@H](C(=O)Nc1ccc(C(=O)O)c(O)c1)N1C(=O)/C(=C/c2cc(-c3ccc(F)c(F)c3)cs2)SC1=S.